The first-order valence-electron chi connectivity index (χ1n) is 11.3. The molecule has 176 valence electrons. The quantitative estimate of drug-likeness (QED) is 0.603. The largest absolute Gasteiger partial charge is 0.378 e. The van der Waals surface area contributed by atoms with Crippen molar-refractivity contribution >= 4 is 40.5 Å². The molecule has 0 radical (unpaired) electrons. The van der Waals surface area contributed by atoms with Crippen molar-refractivity contribution in [2.75, 3.05) is 47.7 Å². The Morgan fingerprint density at radius 2 is 1.53 bits per heavy atom. The van der Waals surface area contributed by atoms with Crippen LogP contribution in [0, 0.1) is 19.8 Å². The van der Waals surface area contributed by atoms with Gasteiger partial charge in [-0.05, 0) is 68.4 Å². The van der Waals surface area contributed by atoms with Crippen molar-refractivity contribution in [3.8, 4) is 0 Å². The summed E-state index contributed by atoms with van der Waals surface area (Å²) in [5.74, 6) is 0.0344. The predicted molar refractivity (Wildman–Crippen MR) is 136 cm³/mol. The molecule has 2 amide bonds. The second-order valence-electron chi connectivity index (χ2n) is 8.86. The monoisotopic (exact) mass is 458 g/mol. The fraction of sp³-hybridized carbons (Fsp3) is 0.308. The number of nitrogens with zero attached hydrogens (tertiary/aromatic N) is 5. The maximum Gasteiger partial charge on any atom is 0.230 e. The van der Waals surface area contributed by atoms with E-state index in [-0.39, 0.29) is 18.2 Å². The zero-order chi connectivity index (χ0) is 24.4. The molecular weight excluding hydrogens is 428 g/mol. The van der Waals surface area contributed by atoms with Gasteiger partial charge in [0, 0.05) is 68.2 Å². The van der Waals surface area contributed by atoms with Crippen LogP contribution in [0.3, 0.4) is 0 Å². The standard InChI is InChI=1S/C26H30N6O2/c1-17-14-18(2)28-26(27-17)31(5)22-8-6-20(7-9-22)29-25(34)19-15-24(33)32(16-19)23-12-10-21(11-13-23)30(3)4/h6-14,19H,15-16H2,1-5H3,(H,29,34). The first-order valence-corrected chi connectivity index (χ1v) is 11.3. The van der Waals surface area contributed by atoms with Gasteiger partial charge in [0.2, 0.25) is 17.8 Å². The number of anilines is 5. The fourth-order valence-corrected chi connectivity index (χ4v) is 4.05. The third-order valence-corrected chi connectivity index (χ3v) is 5.97. The van der Waals surface area contributed by atoms with Gasteiger partial charge in [-0.2, -0.15) is 0 Å². The minimum absolute atomic E-state index is 0.0387. The van der Waals surface area contributed by atoms with Gasteiger partial charge in [0.15, 0.2) is 0 Å². The van der Waals surface area contributed by atoms with Crippen molar-refractivity contribution in [3.05, 3.63) is 66.0 Å². The second kappa shape index (κ2) is 9.51. The van der Waals surface area contributed by atoms with Crippen molar-refractivity contribution in [3.63, 3.8) is 0 Å². The molecule has 4 rings (SSSR count). The van der Waals surface area contributed by atoms with E-state index in [1.807, 2.05) is 99.4 Å². The number of hydrogen-bond donors (Lipinski definition) is 1. The molecule has 3 aromatic rings. The fourth-order valence-electron chi connectivity index (χ4n) is 4.05. The minimum atomic E-state index is -0.396. The van der Waals surface area contributed by atoms with Crippen LogP contribution in [0.1, 0.15) is 17.8 Å². The van der Waals surface area contributed by atoms with Gasteiger partial charge in [-0.3, -0.25) is 9.59 Å². The van der Waals surface area contributed by atoms with Crippen LogP contribution in [-0.4, -0.2) is 49.5 Å². The Hall–Kier alpha value is -3.94. The van der Waals surface area contributed by atoms with E-state index in [4.69, 9.17) is 0 Å². The number of carbonyl (C=O) groups is 2. The summed E-state index contributed by atoms with van der Waals surface area (Å²) in [6, 6.07) is 17.2. The van der Waals surface area contributed by atoms with Crippen LogP contribution < -0.4 is 20.0 Å². The summed E-state index contributed by atoms with van der Waals surface area (Å²) >= 11 is 0. The zero-order valence-corrected chi connectivity index (χ0v) is 20.2. The molecule has 1 saturated heterocycles. The molecule has 8 nitrogen and oxygen atoms in total. The molecule has 1 atom stereocenters. The van der Waals surface area contributed by atoms with Crippen molar-refractivity contribution in [2.45, 2.75) is 20.3 Å². The number of nitrogens with one attached hydrogen (secondary N) is 1. The first kappa shape index (κ1) is 23.2. The number of rotatable bonds is 6. The number of aryl methyl sites for hydroxylation is 2. The molecule has 2 heterocycles. The molecule has 2 aromatic carbocycles. The lowest BCUT2D eigenvalue weighted by atomic mass is 10.1. The molecule has 8 heteroatoms. The van der Waals surface area contributed by atoms with Gasteiger partial charge >= 0.3 is 0 Å². The third kappa shape index (κ3) is 5.01. The van der Waals surface area contributed by atoms with Crippen LogP contribution in [0.4, 0.5) is 28.7 Å². The van der Waals surface area contributed by atoms with E-state index in [9.17, 15) is 9.59 Å². The van der Waals surface area contributed by atoms with Crippen LogP contribution in [0.25, 0.3) is 0 Å². The molecule has 0 spiro atoms. The topological polar surface area (TPSA) is 81.7 Å². The Kier molecular flexibility index (Phi) is 6.49. The molecule has 1 N–H and O–H groups in total. The summed E-state index contributed by atoms with van der Waals surface area (Å²) in [4.78, 5) is 40.0. The molecule has 1 aromatic heterocycles. The van der Waals surface area contributed by atoms with E-state index < -0.39 is 5.92 Å². The van der Waals surface area contributed by atoms with E-state index in [1.54, 1.807) is 4.90 Å². The van der Waals surface area contributed by atoms with E-state index in [0.29, 0.717) is 18.2 Å². The van der Waals surface area contributed by atoms with Crippen LogP contribution in [0.15, 0.2) is 54.6 Å². The van der Waals surface area contributed by atoms with Crippen LogP contribution in [0.2, 0.25) is 0 Å². The first-order chi connectivity index (χ1) is 16.2. The molecule has 1 aliphatic heterocycles. The Bertz CT molecular complexity index is 1170. The summed E-state index contributed by atoms with van der Waals surface area (Å²) in [6.07, 6.45) is 0.201. The minimum Gasteiger partial charge on any atom is -0.378 e. The highest BCUT2D eigenvalue weighted by Crippen LogP contribution is 2.28. The number of carbonyl (C=O) groups excluding carboxylic acids is 2. The normalized spacial score (nSPS) is 15.4. The summed E-state index contributed by atoms with van der Waals surface area (Å²) in [6.45, 7) is 4.26. The molecule has 1 aliphatic rings. The maximum absolute atomic E-state index is 12.9. The molecule has 1 fully saturated rings. The predicted octanol–water partition coefficient (Wildman–Crippen LogP) is 3.92. The molecule has 1 unspecified atom stereocenters. The molecule has 0 bridgehead atoms. The van der Waals surface area contributed by atoms with E-state index >= 15 is 0 Å². The number of benzene rings is 2. The maximum atomic E-state index is 12.9. The molecule has 0 saturated carbocycles. The smallest absolute Gasteiger partial charge is 0.230 e. The molecule has 34 heavy (non-hydrogen) atoms. The van der Waals surface area contributed by atoms with Gasteiger partial charge in [0.05, 0.1) is 5.92 Å². The van der Waals surface area contributed by atoms with Gasteiger partial charge < -0.3 is 20.0 Å². The van der Waals surface area contributed by atoms with Gasteiger partial charge in [0.25, 0.3) is 0 Å². The van der Waals surface area contributed by atoms with Crippen LogP contribution >= 0.6 is 0 Å². The summed E-state index contributed by atoms with van der Waals surface area (Å²) in [5.41, 5.74) is 5.28. The Morgan fingerprint density at radius 3 is 2.12 bits per heavy atom. The molecular formula is C26H30N6O2. The van der Waals surface area contributed by atoms with E-state index in [1.165, 1.54) is 0 Å². The lowest BCUT2D eigenvalue weighted by Gasteiger charge is -2.19. The Balaban J connectivity index is 1.39. The van der Waals surface area contributed by atoms with Gasteiger partial charge in [0.1, 0.15) is 0 Å². The average molecular weight is 459 g/mol. The lowest BCUT2D eigenvalue weighted by Crippen LogP contribution is -2.28. The summed E-state index contributed by atoms with van der Waals surface area (Å²) in [7, 11) is 5.85. The highest BCUT2D eigenvalue weighted by Gasteiger charge is 2.35. The SMILES string of the molecule is Cc1cc(C)nc(N(C)c2ccc(NC(=O)C3CC(=O)N(c4ccc(N(C)C)cc4)C3)cc2)n1. The van der Waals surface area contributed by atoms with Crippen molar-refractivity contribution in [1.29, 1.82) is 0 Å². The van der Waals surface area contributed by atoms with E-state index in [0.717, 1.165) is 28.5 Å². The van der Waals surface area contributed by atoms with E-state index in [2.05, 4.69) is 15.3 Å². The average Bonchev–Trinajstić information content (AvgIpc) is 3.20. The highest BCUT2D eigenvalue weighted by atomic mass is 16.2. The van der Waals surface area contributed by atoms with Crippen molar-refractivity contribution in [2.24, 2.45) is 5.92 Å². The number of aromatic nitrogens is 2. The molecule has 0 aliphatic carbocycles. The van der Waals surface area contributed by atoms with Gasteiger partial charge in [-0.15, -0.1) is 0 Å². The van der Waals surface area contributed by atoms with Crippen molar-refractivity contribution < 1.29 is 9.59 Å². The summed E-state index contributed by atoms with van der Waals surface area (Å²) < 4.78 is 0. The van der Waals surface area contributed by atoms with Gasteiger partial charge in [-0.1, -0.05) is 0 Å². The Labute approximate surface area is 200 Å². The number of hydrogen-bond acceptors (Lipinski definition) is 6. The van der Waals surface area contributed by atoms with Crippen molar-refractivity contribution in [1.82, 2.24) is 9.97 Å². The van der Waals surface area contributed by atoms with Crippen LogP contribution in [-0.2, 0) is 9.59 Å². The summed E-state index contributed by atoms with van der Waals surface area (Å²) in [5, 5.41) is 2.95. The zero-order valence-electron chi connectivity index (χ0n) is 20.2. The Morgan fingerprint density at radius 1 is 0.941 bits per heavy atom. The van der Waals surface area contributed by atoms with Crippen LogP contribution in [0.5, 0.6) is 0 Å². The van der Waals surface area contributed by atoms with Gasteiger partial charge in [-0.25, -0.2) is 9.97 Å². The number of amides is 2. The third-order valence-electron chi connectivity index (χ3n) is 5.97. The lowest BCUT2D eigenvalue weighted by molar-refractivity contribution is -0.122. The second-order valence-corrected chi connectivity index (χ2v) is 8.86. The highest BCUT2D eigenvalue weighted by molar-refractivity contribution is 6.03.